The summed E-state index contributed by atoms with van der Waals surface area (Å²) in [7, 11) is 1.59. The Balaban J connectivity index is 2.07. The molecule has 2 aromatic rings. The summed E-state index contributed by atoms with van der Waals surface area (Å²) in [5.41, 5.74) is 2.39. The van der Waals surface area contributed by atoms with E-state index in [-0.39, 0.29) is 17.2 Å². The Morgan fingerprint density at radius 2 is 1.76 bits per heavy atom. The lowest BCUT2D eigenvalue weighted by Crippen LogP contribution is -2.54. The first kappa shape index (κ1) is 20.3. The fraction of sp³-hybridized carbons (Fsp3) is 0.227. The minimum atomic E-state index is -0.877. The Labute approximate surface area is 168 Å². The number of carbonyl (C=O) groups excluding carboxylic acids is 3. The molecule has 0 spiro atoms. The van der Waals surface area contributed by atoms with Gasteiger partial charge in [0, 0.05) is 0 Å². The largest absolute Gasteiger partial charge is 0.496 e. The number of carbonyl (C=O) groups is 3. The molecule has 0 aromatic heterocycles. The predicted molar refractivity (Wildman–Crippen MR) is 107 cm³/mol. The summed E-state index contributed by atoms with van der Waals surface area (Å²) in [5.74, 6) is -1.16. The van der Waals surface area contributed by atoms with Gasteiger partial charge >= 0.3 is 6.03 Å². The zero-order chi connectivity index (χ0) is 21.3. The summed E-state index contributed by atoms with van der Waals surface area (Å²) in [6.07, 6.45) is 1.46. The molecule has 6 nitrogen and oxygen atoms in total. The number of nitrogens with one attached hydrogen (secondary N) is 1. The summed E-state index contributed by atoms with van der Waals surface area (Å²) in [5, 5.41) is 2.16. The van der Waals surface area contributed by atoms with Gasteiger partial charge in [-0.05, 0) is 72.0 Å². The average molecular weight is 396 g/mol. The van der Waals surface area contributed by atoms with Crippen molar-refractivity contribution in [2.75, 3.05) is 12.0 Å². The molecule has 0 saturated carbocycles. The van der Waals surface area contributed by atoms with Crippen LogP contribution in [0.3, 0.4) is 0 Å². The molecule has 0 aliphatic carbocycles. The highest BCUT2D eigenvalue weighted by Crippen LogP contribution is 2.31. The molecular formula is C22H21FN2O4. The van der Waals surface area contributed by atoms with E-state index in [9.17, 15) is 18.8 Å². The van der Waals surface area contributed by atoms with Crippen LogP contribution < -0.4 is 15.0 Å². The molecule has 1 fully saturated rings. The number of rotatable bonds is 4. The second-order valence-corrected chi connectivity index (χ2v) is 7.04. The van der Waals surface area contributed by atoms with Crippen LogP contribution in [0.15, 0.2) is 42.0 Å². The average Bonchev–Trinajstić information content (AvgIpc) is 2.67. The van der Waals surface area contributed by atoms with Gasteiger partial charge in [0.1, 0.15) is 17.1 Å². The van der Waals surface area contributed by atoms with E-state index in [1.165, 1.54) is 18.2 Å². The Morgan fingerprint density at radius 1 is 1.10 bits per heavy atom. The van der Waals surface area contributed by atoms with Crippen molar-refractivity contribution in [2.45, 2.75) is 26.7 Å². The van der Waals surface area contributed by atoms with Crippen LogP contribution in [0.5, 0.6) is 5.75 Å². The van der Waals surface area contributed by atoms with Gasteiger partial charge in [0.2, 0.25) is 0 Å². The molecule has 4 amide bonds. The van der Waals surface area contributed by atoms with Gasteiger partial charge in [-0.25, -0.2) is 14.1 Å². The summed E-state index contributed by atoms with van der Waals surface area (Å²) in [6.45, 7) is 5.86. The predicted octanol–water partition coefficient (Wildman–Crippen LogP) is 3.93. The third kappa shape index (κ3) is 3.89. The lowest BCUT2D eigenvalue weighted by Gasteiger charge is -2.26. The van der Waals surface area contributed by atoms with Crippen molar-refractivity contribution in [1.82, 2.24) is 5.32 Å². The minimum absolute atomic E-state index is 0.163. The number of methoxy groups -OCH3 is 1. The first-order valence-corrected chi connectivity index (χ1v) is 9.08. The van der Waals surface area contributed by atoms with Crippen molar-refractivity contribution in [3.8, 4) is 5.75 Å². The first-order chi connectivity index (χ1) is 13.7. The molecule has 3 rings (SSSR count). The molecule has 7 heteroatoms. The van der Waals surface area contributed by atoms with E-state index >= 15 is 0 Å². The molecule has 0 atom stereocenters. The maximum atomic E-state index is 13.2. The molecule has 2 aromatic carbocycles. The molecule has 1 saturated heterocycles. The Bertz CT molecular complexity index is 1030. The monoisotopic (exact) mass is 396 g/mol. The van der Waals surface area contributed by atoms with Gasteiger partial charge in [-0.1, -0.05) is 13.8 Å². The second-order valence-electron chi connectivity index (χ2n) is 7.04. The van der Waals surface area contributed by atoms with E-state index in [0.29, 0.717) is 5.56 Å². The summed E-state index contributed by atoms with van der Waals surface area (Å²) in [6, 6.07) is 7.71. The molecule has 0 bridgehead atoms. The number of amides is 4. The van der Waals surface area contributed by atoms with Gasteiger partial charge in [0.15, 0.2) is 0 Å². The van der Waals surface area contributed by atoms with Gasteiger partial charge < -0.3 is 4.74 Å². The number of anilines is 1. The van der Waals surface area contributed by atoms with Crippen LogP contribution in [0.2, 0.25) is 0 Å². The highest BCUT2D eigenvalue weighted by Gasteiger charge is 2.36. The lowest BCUT2D eigenvalue weighted by molar-refractivity contribution is -0.122. The van der Waals surface area contributed by atoms with Crippen LogP contribution in [0.1, 0.15) is 36.5 Å². The summed E-state index contributed by atoms with van der Waals surface area (Å²) in [4.78, 5) is 38.4. The molecule has 0 radical (unpaired) electrons. The van der Waals surface area contributed by atoms with E-state index in [0.717, 1.165) is 33.9 Å². The minimum Gasteiger partial charge on any atom is -0.496 e. The number of benzene rings is 2. The quantitative estimate of drug-likeness (QED) is 0.628. The highest BCUT2D eigenvalue weighted by atomic mass is 19.1. The number of ether oxygens (including phenoxy) is 1. The molecule has 1 N–H and O–H groups in total. The van der Waals surface area contributed by atoms with Gasteiger partial charge in [-0.2, -0.15) is 0 Å². The second kappa shape index (κ2) is 7.87. The number of hydrogen-bond acceptors (Lipinski definition) is 4. The SMILES string of the molecule is COc1cc(C)c(/C=C2\C(=O)NC(=O)N(c3ccc(F)cc3)C2=O)cc1C(C)C. The molecular weight excluding hydrogens is 375 g/mol. The van der Waals surface area contributed by atoms with Crippen LogP contribution in [0.4, 0.5) is 14.9 Å². The van der Waals surface area contributed by atoms with Gasteiger partial charge in [-0.15, -0.1) is 0 Å². The summed E-state index contributed by atoms with van der Waals surface area (Å²) < 4.78 is 18.6. The van der Waals surface area contributed by atoms with E-state index in [1.807, 2.05) is 32.9 Å². The third-order valence-corrected chi connectivity index (χ3v) is 4.73. The Morgan fingerprint density at radius 3 is 2.34 bits per heavy atom. The van der Waals surface area contributed by atoms with Crippen LogP contribution in [0, 0.1) is 12.7 Å². The zero-order valence-corrected chi connectivity index (χ0v) is 16.6. The number of aryl methyl sites for hydroxylation is 1. The smallest absolute Gasteiger partial charge is 0.335 e. The number of barbiturate groups is 1. The van der Waals surface area contributed by atoms with Crippen LogP contribution in [0.25, 0.3) is 6.08 Å². The fourth-order valence-corrected chi connectivity index (χ4v) is 3.14. The number of imide groups is 2. The number of halogens is 1. The van der Waals surface area contributed by atoms with Crippen LogP contribution in [-0.4, -0.2) is 25.0 Å². The zero-order valence-electron chi connectivity index (χ0n) is 16.6. The van der Waals surface area contributed by atoms with E-state index in [2.05, 4.69) is 5.32 Å². The van der Waals surface area contributed by atoms with Gasteiger partial charge in [0.25, 0.3) is 11.8 Å². The van der Waals surface area contributed by atoms with Crippen molar-refractivity contribution in [2.24, 2.45) is 0 Å². The number of nitrogens with zero attached hydrogens (tertiary/aromatic N) is 1. The molecule has 1 aliphatic rings. The molecule has 29 heavy (non-hydrogen) atoms. The normalized spacial score (nSPS) is 15.9. The highest BCUT2D eigenvalue weighted by molar-refractivity contribution is 6.39. The van der Waals surface area contributed by atoms with E-state index < -0.39 is 23.7 Å². The Kier molecular flexibility index (Phi) is 5.50. The van der Waals surface area contributed by atoms with E-state index in [1.54, 1.807) is 7.11 Å². The molecule has 1 heterocycles. The topological polar surface area (TPSA) is 75.7 Å². The Hall–Kier alpha value is -3.48. The fourth-order valence-electron chi connectivity index (χ4n) is 3.14. The van der Waals surface area contributed by atoms with Crippen molar-refractivity contribution >= 4 is 29.6 Å². The standard InChI is InChI=1S/C22H21FN2O4/c1-12(2)17-10-14(13(3)9-19(17)29-4)11-18-20(26)24-22(28)25(21(18)27)16-7-5-15(23)6-8-16/h5-12H,1-4H3,(H,24,26,28)/b18-11+. The first-order valence-electron chi connectivity index (χ1n) is 9.08. The van der Waals surface area contributed by atoms with Gasteiger partial charge in [0.05, 0.1) is 12.8 Å². The molecule has 0 unspecified atom stereocenters. The summed E-state index contributed by atoms with van der Waals surface area (Å²) >= 11 is 0. The molecule has 150 valence electrons. The molecule has 1 aliphatic heterocycles. The van der Waals surface area contributed by atoms with Crippen molar-refractivity contribution in [1.29, 1.82) is 0 Å². The van der Waals surface area contributed by atoms with Crippen molar-refractivity contribution in [3.05, 3.63) is 64.5 Å². The van der Waals surface area contributed by atoms with Gasteiger partial charge in [-0.3, -0.25) is 14.9 Å². The number of hydrogen-bond donors (Lipinski definition) is 1. The number of urea groups is 1. The van der Waals surface area contributed by atoms with Crippen molar-refractivity contribution < 1.29 is 23.5 Å². The van der Waals surface area contributed by atoms with E-state index in [4.69, 9.17) is 4.74 Å². The maximum Gasteiger partial charge on any atom is 0.335 e. The van der Waals surface area contributed by atoms with Crippen LogP contribution >= 0.6 is 0 Å². The lowest BCUT2D eigenvalue weighted by atomic mass is 9.95. The van der Waals surface area contributed by atoms with Crippen LogP contribution in [-0.2, 0) is 9.59 Å². The van der Waals surface area contributed by atoms with Crippen molar-refractivity contribution in [3.63, 3.8) is 0 Å². The maximum absolute atomic E-state index is 13.2. The third-order valence-electron chi connectivity index (χ3n) is 4.73.